The molecule has 1 aliphatic heterocycles. The molecule has 1 aliphatic rings. The molecule has 1 atom stereocenters. The average molecular weight is 209 g/mol. The van der Waals surface area contributed by atoms with Gasteiger partial charge in [0.05, 0.1) is 13.5 Å². The first-order valence-corrected chi connectivity index (χ1v) is 5.19. The Balaban J connectivity index is 1.81. The van der Waals surface area contributed by atoms with Gasteiger partial charge in [-0.1, -0.05) is 0 Å². The van der Waals surface area contributed by atoms with Crippen molar-refractivity contribution in [3.05, 3.63) is 5.82 Å². The van der Waals surface area contributed by atoms with Gasteiger partial charge in [0.1, 0.15) is 5.78 Å². The Morgan fingerprint density at radius 2 is 2.53 bits per heavy atom. The molecule has 1 fully saturated rings. The van der Waals surface area contributed by atoms with Gasteiger partial charge in [-0.25, -0.2) is 0 Å². The molecule has 2 heterocycles. The zero-order valence-corrected chi connectivity index (χ0v) is 8.81. The van der Waals surface area contributed by atoms with Crippen LogP contribution in [0.25, 0.3) is 0 Å². The summed E-state index contributed by atoms with van der Waals surface area (Å²) >= 11 is 0. The fraction of sp³-hybridized carbons (Fsp3) is 0.778. The van der Waals surface area contributed by atoms with E-state index in [-0.39, 0.29) is 5.78 Å². The topological polar surface area (TPSA) is 72.7 Å². The van der Waals surface area contributed by atoms with Crippen LogP contribution in [-0.2, 0) is 18.3 Å². The molecule has 0 spiro atoms. The predicted molar refractivity (Wildman–Crippen MR) is 53.1 cm³/mol. The van der Waals surface area contributed by atoms with E-state index in [1.807, 2.05) is 0 Å². The zero-order valence-electron chi connectivity index (χ0n) is 8.81. The molecule has 0 aliphatic carbocycles. The maximum absolute atomic E-state index is 11.6. The fourth-order valence-electron chi connectivity index (χ4n) is 1.85. The summed E-state index contributed by atoms with van der Waals surface area (Å²) in [5, 5.41) is 14.7. The number of nitrogens with one attached hydrogen (secondary N) is 1. The third-order valence-electron chi connectivity index (χ3n) is 2.58. The number of carbonyl (C=O) groups excluding carboxylic acids is 1. The van der Waals surface area contributed by atoms with Crippen LogP contribution in [0.4, 0.5) is 0 Å². The highest BCUT2D eigenvalue weighted by molar-refractivity contribution is 5.80. The molecule has 0 bridgehead atoms. The van der Waals surface area contributed by atoms with Crippen molar-refractivity contribution in [2.75, 3.05) is 13.1 Å². The lowest BCUT2D eigenvalue weighted by Gasteiger charge is -2.04. The van der Waals surface area contributed by atoms with E-state index in [2.05, 4.69) is 20.7 Å². The smallest absolute Gasteiger partial charge is 0.182 e. The van der Waals surface area contributed by atoms with Gasteiger partial charge in [0.25, 0.3) is 0 Å². The fourth-order valence-corrected chi connectivity index (χ4v) is 1.85. The molecule has 1 N–H and O–H groups in total. The van der Waals surface area contributed by atoms with Gasteiger partial charge in [-0.05, 0) is 30.6 Å². The Labute approximate surface area is 88.0 Å². The van der Waals surface area contributed by atoms with Crippen molar-refractivity contribution in [3.63, 3.8) is 0 Å². The molecule has 0 saturated carbocycles. The lowest BCUT2D eigenvalue weighted by atomic mass is 10.0. The number of hydrogen-bond acceptors (Lipinski definition) is 5. The zero-order chi connectivity index (χ0) is 10.7. The van der Waals surface area contributed by atoms with Crippen molar-refractivity contribution < 1.29 is 4.79 Å². The van der Waals surface area contributed by atoms with Crippen molar-refractivity contribution in [2.45, 2.75) is 19.3 Å². The molecular formula is C9H15N5O. The minimum absolute atomic E-state index is 0.205. The lowest BCUT2D eigenvalue weighted by molar-refractivity contribution is -0.119. The van der Waals surface area contributed by atoms with Crippen LogP contribution >= 0.6 is 0 Å². The summed E-state index contributed by atoms with van der Waals surface area (Å²) in [5.41, 5.74) is 0. The summed E-state index contributed by atoms with van der Waals surface area (Å²) < 4.78 is 0. The molecule has 2 rings (SSSR count). The highest BCUT2D eigenvalue weighted by Gasteiger charge is 2.19. The minimum atomic E-state index is 0.205. The van der Waals surface area contributed by atoms with Crippen LogP contribution in [0.3, 0.4) is 0 Å². The molecule has 0 aromatic carbocycles. The number of tetrazole rings is 1. The molecule has 6 heteroatoms. The Bertz CT molecular complexity index is 342. The van der Waals surface area contributed by atoms with E-state index in [9.17, 15) is 4.79 Å². The molecule has 1 aromatic heterocycles. The number of Topliss-reactive ketones (excluding diaryl/α,β-unsaturated/α-hetero) is 1. The first-order chi connectivity index (χ1) is 7.24. The molecule has 1 aromatic rings. The molecule has 82 valence electrons. The highest BCUT2D eigenvalue weighted by Crippen LogP contribution is 2.13. The van der Waals surface area contributed by atoms with E-state index >= 15 is 0 Å². The van der Waals surface area contributed by atoms with Crippen LogP contribution in [0.5, 0.6) is 0 Å². The summed E-state index contributed by atoms with van der Waals surface area (Å²) in [7, 11) is 1.70. The van der Waals surface area contributed by atoms with E-state index in [1.165, 1.54) is 4.80 Å². The first-order valence-electron chi connectivity index (χ1n) is 5.19. The summed E-state index contributed by atoms with van der Waals surface area (Å²) in [6.45, 7) is 1.99. The van der Waals surface area contributed by atoms with Gasteiger partial charge in [-0.15, -0.1) is 10.2 Å². The second-order valence-electron chi connectivity index (χ2n) is 3.97. The number of carbonyl (C=O) groups is 1. The minimum Gasteiger partial charge on any atom is -0.316 e. The number of aromatic nitrogens is 4. The second kappa shape index (κ2) is 4.48. The van der Waals surface area contributed by atoms with Gasteiger partial charge in [0.2, 0.25) is 0 Å². The van der Waals surface area contributed by atoms with Gasteiger partial charge in [0.15, 0.2) is 5.82 Å². The maximum atomic E-state index is 11.6. The van der Waals surface area contributed by atoms with Crippen LogP contribution in [0.15, 0.2) is 0 Å². The average Bonchev–Trinajstić information content (AvgIpc) is 2.77. The Morgan fingerprint density at radius 3 is 3.13 bits per heavy atom. The molecule has 0 radical (unpaired) electrons. The number of hydrogen-bond donors (Lipinski definition) is 1. The van der Waals surface area contributed by atoms with E-state index in [4.69, 9.17) is 0 Å². The van der Waals surface area contributed by atoms with Gasteiger partial charge in [-0.2, -0.15) is 4.80 Å². The Kier molecular flexibility index (Phi) is 3.05. The summed E-state index contributed by atoms with van der Waals surface area (Å²) in [5.74, 6) is 1.22. The highest BCUT2D eigenvalue weighted by atomic mass is 16.1. The summed E-state index contributed by atoms with van der Waals surface area (Å²) in [6, 6.07) is 0. The third kappa shape index (κ3) is 2.82. The van der Waals surface area contributed by atoms with E-state index in [1.54, 1.807) is 7.05 Å². The molecule has 0 amide bonds. The largest absolute Gasteiger partial charge is 0.316 e. The SMILES string of the molecule is Cn1nnc(CC(=O)CC2CCNC2)n1. The lowest BCUT2D eigenvalue weighted by Crippen LogP contribution is -2.14. The number of rotatable bonds is 4. The molecular weight excluding hydrogens is 194 g/mol. The van der Waals surface area contributed by atoms with Crippen LogP contribution < -0.4 is 5.32 Å². The third-order valence-corrected chi connectivity index (χ3v) is 2.58. The van der Waals surface area contributed by atoms with Crippen molar-refractivity contribution in [1.82, 2.24) is 25.5 Å². The summed E-state index contributed by atoms with van der Waals surface area (Å²) in [6.07, 6.45) is 2.04. The molecule has 15 heavy (non-hydrogen) atoms. The van der Waals surface area contributed by atoms with Crippen LogP contribution in [0, 0.1) is 5.92 Å². The Hall–Kier alpha value is -1.30. The normalized spacial score (nSPS) is 20.7. The van der Waals surface area contributed by atoms with Gasteiger partial charge in [-0.3, -0.25) is 4.79 Å². The van der Waals surface area contributed by atoms with Crippen LogP contribution in [0.1, 0.15) is 18.7 Å². The molecule has 6 nitrogen and oxygen atoms in total. The van der Waals surface area contributed by atoms with Crippen LogP contribution in [0.2, 0.25) is 0 Å². The quantitative estimate of drug-likeness (QED) is 0.711. The van der Waals surface area contributed by atoms with E-state index < -0.39 is 0 Å². The van der Waals surface area contributed by atoms with E-state index in [0.29, 0.717) is 24.6 Å². The molecule has 1 unspecified atom stereocenters. The number of nitrogens with zero attached hydrogens (tertiary/aromatic N) is 4. The second-order valence-corrected chi connectivity index (χ2v) is 3.97. The summed E-state index contributed by atoms with van der Waals surface area (Å²) in [4.78, 5) is 13.0. The van der Waals surface area contributed by atoms with Crippen molar-refractivity contribution in [2.24, 2.45) is 13.0 Å². The number of aryl methyl sites for hydroxylation is 1. The van der Waals surface area contributed by atoms with Gasteiger partial charge in [0, 0.05) is 6.42 Å². The maximum Gasteiger partial charge on any atom is 0.182 e. The standard InChI is InChI=1S/C9H15N5O/c1-14-12-9(11-13-14)5-8(15)4-7-2-3-10-6-7/h7,10H,2-6H2,1H3. The van der Waals surface area contributed by atoms with Crippen molar-refractivity contribution in [3.8, 4) is 0 Å². The van der Waals surface area contributed by atoms with E-state index in [0.717, 1.165) is 19.5 Å². The first kappa shape index (κ1) is 10.2. The monoisotopic (exact) mass is 209 g/mol. The molecule has 1 saturated heterocycles. The van der Waals surface area contributed by atoms with Crippen molar-refractivity contribution in [1.29, 1.82) is 0 Å². The van der Waals surface area contributed by atoms with Crippen molar-refractivity contribution >= 4 is 5.78 Å². The van der Waals surface area contributed by atoms with Gasteiger partial charge < -0.3 is 5.32 Å². The predicted octanol–water partition coefficient (Wildman–Crippen LogP) is -0.679. The Morgan fingerprint density at radius 1 is 1.67 bits per heavy atom. The van der Waals surface area contributed by atoms with Crippen LogP contribution in [-0.4, -0.2) is 39.1 Å². The van der Waals surface area contributed by atoms with Gasteiger partial charge >= 0.3 is 0 Å². The number of ketones is 1.